The Morgan fingerprint density at radius 1 is 1.25 bits per heavy atom. The highest BCUT2D eigenvalue weighted by molar-refractivity contribution is 6.34. The molecule has 1 fully saturated rings. The average Bonchev–Trinajstić information content (AvgIpc) is 3.19. The van der Waals surface area contributed by atoms with Crippen molar-refractivity contribution in [3.05, 3.63) is 58.7 Å². The van der Waals surface area contributed by atoms with Crippen LogP contribution in [0, 0.1) is 0 Å². The van der Waals surface area contributed by atoms with Crippen LogP contribution in [0.3, 0.4) is 0 Å². The van der Waals surface area contributed by atoms with Gasteiger partial charge in [0.1, 0.15) is 0 Å². The fourth-order valence-electron chi connectivity index (χ4n) is 3.70. The second-order valence-corrected chi connectivity index (χ2v) is 6.91. The number of aldehydes is 1. The van der Waals surface area contributed by atoms with Crippen LogP contribution in [0.15, 0.2) is 42.6 Å². The molecular formula is C20H19ClN2O. The molecule has 1 aliphatic rings. The molecule has 0 bridgehead atoms. The van der Waals surface area contributed by atoms with E-state index in [1.165, 1.54) is 18.4 Å². The number of nitrogens with zero attached hydrogens (tertiary/aromatic N) is 1. The first-order valence-electron chi connectivity index (χ1n) is 8.24. The normalized spacial score (nSPS) is 18.3. The molecule has 4 heteroatoms. The minimum atomic E-state index is 0.517. The third-order valence-electron chi connectivity index (χ3n) is 5.06. The van der Waals surface area contributed by atoms with Crippen LogP contribution < -0.4 is 0 Å². The molecule has 1 aromatic heterocycles. The fourth-order valence-corrected chi connectivity index (χ4v) is 3.97. The van der Waals surface area contributed by atoms with Gasteiger partial charge in [0.25, 0.3) is 0 Å². The number of halogens is 1. The minimum Gasteiger partial charge on any atom is -0.360 e. The summed E-state index contributed by atoms with van der Waals surface area (Å²) in [5.41, 5.74) is 4.93. The Morgan fingerprint density at radius 2 is 2.04 bits per heavy atom. The van der Waals surface area contributed by atoms with Crippen LogP contribution in [-0.4, -0.2) is 29.8 Å². The summed E-state index contributed by atoms with van der Waals surface area (Å²) in [5.74, 6) is 0. The van der Waals surface area contributed by atoms with Crippen molar-refractivity contribution < 1.29 is 4.79 Å². The summed E-state index contributed by atoms with van der Waals surface area (Å²) in [6.45, 7) is 1.16. The van der Waals surface area contributed by atoms with Crippen molar-refractivity contribution in [1.29, 1.82) is 0 Å². The first kappa shape index (κ1) is 15.4. The van der Waals surface area contributed by atoms with Gasteiger partial charge in [-0.2, -0.15) is 0 Å². The highest BCUT2D eigenvalue weighted by atomic mass is 35.5. The van der Waals surface area contributed by atoms with Crippen molar-refractivity contribution in [2.24, 2.45) is 0 Å². The Hall–Kier alpha value is -2.10. The predicted molar refractivity (Wildman–Crippen MR) is 98.7 cm³/mol. The molecule has 0 radical (unpaired) electrons. The maximum atomic E-state index is 11.2. The molecule has 3 nitrogen and oxygen atoms in total. The van der Waals surface area contributed by atoms with Gasteiger partial charge in [-0.05, 0) is 49.7 Å². The Kier molecular flexibility index (Phi) is 3.91. The lowest BCUT2D eigenvalue weighted by atomic mass is 9.98. The Balaban J connectivity index is 1.74. The van der Waals surface area contributed by atoms with Gasteiger partial charge in [0.2, 0.25) is 0 Å². The summed E-state index contributed by atoms with van der Waals surface area (Å²) in [4.78, 5) is 16.7. The van der Waals surface area contributed by atoms with Crippen LogP contribution in [-0.2, 0) is 0 Å². The van der Waals surface area contributed by atoms with Crippen molar-refractivity contribution in [3.8, 4) is 11.1 Å². The molecule has 0 aliphatic carbocycles. The van der Waals surface area contributed by atoms with Crippen molar-refractivity contribution in [2.75, 3.05) is 13.6 Å². The summed E-state index contributed by atoms with van der Waals surface area (Å²) in [5, 5.41) is 1.59. The third kappa shape index (κ3) is 2.54. The highest BCUT2D eigenvalue weighted by Crippen LogP contribution is 2.35. The van der Waals surface area contributed by atoms with Crippen LogP contribution in [0.2, 0.25) is 5.02 Å². The van der Waals surface area contributed by atoms with Gasteiger partial charge in [0, 0.05) is 34.3 Å². The van der Waals surface area contributed by atoms with E-state index in [0.29, 0.717) is 16.6 Å². The maximum Gasteiger partial charge on any atom is 0.152 e. The third-order valence-corrected chi connectivity index (χ3v) is 5.37. The Labute approximate surface area is 146 Å². The molecule has 1 aliphatic heterocycles. The van der Waals surface area contributed by atoms with Crippen LogP contribution >= 0.6 is 11.6 Å². The summed E-state index contributed by atoms with van der Waals surface area (Å²) in [7, 11) is 2.18. The zero-order valence-electron chi connectivity index (χ0n) is 13.6. The number of hydrogen-bond donors (Lipinski definition) is 1. The lowest BCUT2D eigenvalue weighted by Crippen LogP contribution is -2.17. The smallest absolute Gasteiger partial charge is 0.152 e. The molecule has 0 unspecified atom stereocenters. The molecular weight excluding hydrogens is 320 g/mol. The largest absolute Gasteiger partial charge is 0.360 e. The SMILES string of the molecule is CN1CCC[C@@H]1c1ccc(-c2cc3c(C=O)c[nH]c3cc2Cl)cc1. The van der Waals surface area contributed by atoms with E-state index in [9.17, 15) is 4.79 Å². The van der Waals surface area contributed by atoms with Gasteiger partial charge in [0.05, 0.1) is 5.02 Å². The number of fused-ring (bicyclic) bond motifs is 1. The first-order chi connectivity index (χ1) is 11.7. The van der Waals surface area contributed by atoms with Gasteiger partial charge in [-0.25, -0.2) is 0 Å². The topological polar surface area (TPSA) is 36.1 Å². The van der Waals surface area contributed by atoms with E-state index < -0.39 is 0 Å². The monoisotopic (exact) mass is 338 g/mol. The van der Waals surface area contributed by atoms with Crippen LogP contribution in [0.4, 0.5) is 0 Å². The lowest BCUT2D eigenvalue weighted by Gasteiger charge is -2.20. The van der Waals surface area contributed by atoms with Crippen molar-refractivity contribution in [2.45, 2.75) is 18.9 Å². The molecule has 0 saturated carbocycles. The zero-order valence-corrected chi connectivity index (χ0v) is 14.3. The summed E-state index contributed by atoms with van der Waals surface area (Å²) >= 11 is 6.46. The number of H-pyrrole nitrogens is 1. The number of carbonyl (C=O) groups excluding carboxylic acids is 1. The summed E-state index contributed by atoms with van der Waals surface area (Å²) in [6.07, 6.45) is 5.06. The molecule has 2 aromatic carbocycles. The maximum absolute atomic E-state index is 11.2. The van der Waals surface area contributed by atoms with E-state index in [-0.39, 0.29) is 0 Å². The molecule has 24 heavy (non-hydrogen) atoms. The van der Waals surface area contributed by atoms with Crippen molar-refractivity contribution in [3.63, 3.8) is 0 Å². The molecule has 3 aromatic rings. The molecule has 0 amide bonds. The van der Waals surface area contributed by atoms with Crippen molar-refractivity contribution in [1.82, 2.24) is 9.88 Å². The molecule has 122 valence electrons. The lowest BCUT2D eigenvalue weighted by molar-refractivity contribution is 0.112. The van der Waals surface area contributed by atoms with E-state index in [2.05, 4.69) is 41.2 Å². The molecule has 0 spiro atoms. The van der Waals surface area contributed by atoms with E-state index in [1.54, 1.807) is 6.20 Å². The molecule has 4 rings (SSSR count). The fraction of sp³-hybridized carbons (Fsp3) is 0.250. The van der Waals surface area contributed by atoms with E-state index >= 15 is 0 Å². The van der Waals surface area contributed by atoms with E-state index in [0.717, 1.165) is 34.9 Å². The van der Waals surface area contributed by atoms with Gasteiger partial charge in [-0.1, -0.05) is 35.9 Å². The summed E-state index contributed by atoms with van der Waals surface area (Å²) in [6, 6.07) is 13.0. The average molecular weight is 339 g/mol. The molecule has 1 atom stereocenters. The van der Waals surface area contributed by atoms with Crippen LogP contribution in [0.25, 0.3) is 22.0 Å². The number of likely N-dealkylation sites (tertiary alicyclic amines) is 1. The van der Waals surface area contributed by atoms with Gasteiger partial charge in [-0.15, -0.1) is 0 Å². The Morgan fingerprint density at radius 3 is 2.71 bits per heavy atom. The van der Waals surface area contributed by atoms with Gasteiger partial charge >= 0.3 is 0 Å². The minimum absolute atomic E-state index is 0.517. The first-order valence-corrected chi connectivity index (χ1v) is 8.61. The van der Waals surface area contributed by atoms with Crippen LogP contribution in [0.5, 0.6) is 0 Å². The van der Waals surface area contributed by atoms with Gasteiger partial charge in [0.15, 0.2) is 6.29 Å². The number of hydrogen-bond acceptors (Lipinski definition) is 2. The number of benzene rings is 2. The second kappa shape index (κ2) is 6.08. The van der Waals surface area contributed by atoms with Gasteiger partial charge in [-0.3, -0.25) is 9.69 Å². The van der Waals surface area contributed by atoms with E-state index in [1.807, 2.05) is 12.1 Å². The van der Waals surface area contributed by atoms with E-state index in [4.69, 9.17) is 11.6 Å². The number of carbonyl (C=O) groups is 1. The number of rotatable bonds is 3. The van der Waals surface area contributed by atoms with Crippen LogP contribution in [0.1, 0.15) is 34.8 Å². The predicted octanol–water partition coefficient (Wildman–Crippen LogP) is 5.07. The zero-order chi connectivity index (χ0) is 16.7. The summed E-state index contributed by atoms with van der Waals surface area (Å²) < 4.78 is 0. The van der Waals surface area contributed by atoms with Crippen molar-refractivity contribution >= 4 is 28.8 Å². The number of nitrogens with one attached hydrogen (secondary N) is 1. The quantitative estimate of drug-likeness (QED) is 0.677. The highest BCUT2D eigenvalue weighted by Gasteiger charge is 2.22. The second-order valence-electron chi connectivity index (χ2n) is 6.50. The Bertz CT molecular complexity index is 898. The number of aromatic nitrogens is 1. The molecule has 1 saturated heterocycles. The number of aromatic amines is 1. The van der Waals surface area contributed by atoms with Gasteiger partial charge < -0.3 is 4.98 Å². The standard InChI is InChI=1S/C20H19ClN2O/c1-23-8-2-3-20(23)14-6-4-13(5-7-14)16-9-17-15(12-24)11-22-19(17)10-18(16)21/h4-7,9-12,20,22H,2-3,8H2,1H3/t20-/m1/s1. The molecule has 1 N–H and O–H groups in total. The molecule has 2 heterocycles.